The standard InChI is InChI=1S/C14H21NO2S/c1-4-18(16)10-9-15-13-11-7-5-6-8-12(11)17-14(13,2)3/h5-8,13,15H,4,9-10H2,1-3H3. The van der Waals surface area contributed by atoms with E-state index in [-0.39, 0.29) is 11.6 Å². The van der Waals surface area contributed by atoms with Crippen LogP contribution in [0.3, 0.4) is 0 Å². The first-order valence-corrected chi connectivity index (χ1v) is 7.89. The lowest BCUT2D eigenvalue weighted by molar-refractivity contribution is 0.0974. The summed E-state index contributed by atoms with van der Waals surface area (Å²) in [4.78, 5) is 0. The van der Waals surface area contributed by atoms with E-state index in [2.05, 4.69) is 25.2 Å². The molecule has 1 aromatic carbocycles. The highest BCUT2D eigenvalue weighted by atomic mass is 32.2. The topological polar surface area (TPSA) is 38.3 Å². The fourth-order valence-corrected chi connectivity index (χ4v) is 2.98. The molecule has 1 heterocycles. The lowest BCUT2D eigenvalue weighted by atomic mass is 9.94. The summed E-state index contributed by atoms with van der Waals surface area (Å²) >= 11 is 0. The van der Waals surface area contributed by atoms with Gasteiger partial charge in [0.15, 0.2) is 0 Å². The summed E-state index contributed by atoms with van der Waals surface area (Å²) in [7, 11) is -0.713. The highest BCUT2D eigenvalue weighted by Gasteiger charge is 2.40. The number of fused-ring (bicyclic) bond motifs is 1. The maximum absolute atomic E-state index is 11.4. The Labute approximate surface area is 111 Å². The van der Waals surface area contributed by atoms with Crippen LogP contribution in [0.25, 0.3) is 0 Å². The lowest BCUT2D eigenvalue weighted by Crippen LogP contribution is -2.40. The Hall–Kier alpha value is -0.870. The average molecular weight is 267 g/mol. The van der Waals surface area contributed by atoms with Crippen molar-refractivity contribution in [2.45, 2.75) is 32.4 Å². The minimum absolute atomic E-state index is 0.169. The average Bonchev–Trinajstić information content (AvgIpc) is 2.60. The van der Waals surface area contributed by atoms with Gasteiger partial charge in [-0.05, 0) is 19.9 Å². The maximum Gasteiger partial charge on any atom is 0.125 e. The Morgan fingerprint density at radius 1 is 1.39 bits per heavy atom. The minimum atomic E-state index is -0.713. The van der Waals surface area contributed by atoms with Gasteiger partial charge in [-0.3, -0.25) is 4.21 Å². The summed E-state index contributed by atoms with van der Waals surface area (Å²) < 4.78 is 17.4. The van der Waals surface area contributed by atoms with Gasteiger partial charge in [-0.2, -0.15) is 0 Å². The van der Waals surface area contributed by atoms with Gasteiger partial charge in [0.25, 0.3) is 0 Å². The first-order chi connectivity index (χ1) is 8.54. The van der Waals surface area contributed by atoms with Crippen molar-refractivity contribution in [3.8, 4) is 5.75 Å². The predicted octanol–water partition coefficient (Wildman–Crippen LogP) is 2.26. The number of para-hydroxylation sites is 1. The zero-order valence-corrected chi connectivity index (χ0v) is 12.0. The van der Waals surface area contributed by atoms with E-state index in [9.17, 15) is 4.21 Å². The molecule has 3 nitrogen and oxygen atoms in total. The SMILES string of the molecule is CCS(=O)CCNC1c2ccccc2OC1(C)C. The summed E-state index contributed by atoms with van der Waals surface area (Å²) in [6.07, 6.45) is 0. The van der Waals surface area contributed by atoms with Crippen molar-refractivity contribution >= 4 is 10.8 Å². The molecule has 0 bridgehead atoms. The summed E-state index contributed by atoms with van der Waals surface area (Å²) in [5, 5.41) is 3.48. The molecule has 0 spiro atoms. The number of hydrogen-bond acceptors (Lipinski definition) is 3. The third-order valence-electron chi connectivity index (χ3n) is 3.30. The van der Waals surface area contributed by atoms with Crippen LogP contribution in [0.5, 0.6) is 5.75 Å². The quantitative estimate of drug-likeness (QED) is 0.889. The molecule has 2 rings (SSSR count). The highest BCUT2D eigenvalue weighted by Crippen LogP contribution is 2.42. The smallest absolute Gasteiger partial charge is 0.125 e. The summed E-state index contributed by atoms with van der Waals surface area (Å²) in [5.74, 6) is 2.38. The van der Waals surface area contributed by atoms with Crippen LogP contribution in [-0.2, 0) is 10.8 Å². The molecule has 1 aliphatic heterocycles. The molecule has 1 N–H and O–H groups in total. The Morgan fingerprint density at radius 2 is 2.11 bits per heavy atom. The molecule has 1 aromatic rings. The normalized spacial score (nSPS) is 22.3. The van der Waals surface area contributed by atoms with E-state index >= 15 is 0 Å². The fraction of sp³-hybridized carbons (Fsp3) is 0.571. The molecule has 0 aliphatic carbocycles. The maximum atomic E-state index is 11.4. The van der Waals surface area contributed by atoms with E-state index in [0.29, 0.717) is 5.75 Å². The van der Waals surface area contributed by atoms with Gasteiger partial charge in [-0.25, -0.2) is 0 Å². The van der Waals surface area contributed by atoms with Crippen LogP contribution in [0.4, 0.5) is 0 Å². The van der Waals surface area contributed by atoms with E-state index in [0.717, 1.165) is 18.0 Å². The second kappa shape index (κ2) is 5.41. The van der Waals surface area contributed by atoms with Crippen molar-refractivity contribution in [2.24, 2.45) is 0 Å². The monoisotopic (exact) mass is 267 g/mol. The van der Waals surface area contributed by atoms with E-state index in [1.54, 1.807) is 0 Å². The molecule has 0 saturated heterocycles. The molecule has 0 radical (unpaired) electrons. The van der Waals surface area contributed by atoms with E-state index in [1.807, 2.05) is 25.1 Å². The van der Waals surface area contributed by atoms with Crippen molar-refractivity contribution in [1.82, 2.24) is 5.32 Å². The molecule has 0 amide bonds. The van der Waals surface area contributed by atoms with Crippen molar-refractivity contribution in [3.05, 3.63) is 29.8 Å². The highest BCUT2D eigenvalue weighted by molar-refractivity contribution is 7.84. The van der Waals surface area contributed by atoms with Crippen LogP contribution in [0.1, 0.15) is 32.4 Å². The second-order valence-electron chi connectivity index (χ2n) is 5.06. The fourth-order valence-electron chi connectivity index (χ4n) is 2.35. The Bertz CT molecular complexity index is 445. The zero-order valence-electron chi connectivity index (χ0n) is 11.2. The van der Waals surface area contributed by atoms with Crippen LogP contribution >= 0.6 is 0 Å². The van der Waals surface area contributed by atoms with Gasteiger partial charge in [-0.15, -0.1) is 0 Å². The van der Waals surface area contributed by atoms with Crippen LogP contribution in [0.2, 0.25) is 0 Å². The van der Waals surface area contributed by atoms with Gasteiger partial charge >= 0.3 is 0 Å². The molecule has 0 fully saturated rings. The summed E-state index contributed by atoms with van der Waals surface area (Å²) in [5.41, 5.74) is 0.946. The van der Waals surface area contributed by atoms with Crippen molar-refractivity contribution in [3.63, 3.8) is 0 Å². The zero-order chi connectivity index (χ0) is 13.2. The Kier molecular flexibility index (Phi) is 4.07. The largest absolute Gasteiger partial charge is 0.486 e. The number of hydrogen-bond donors (Lipinski definition) is 1. The number of nitrogens with one attached hydrogen (secondary N) is 1. The third kappa shape index (κ3) is 2.75. The van der Waals surface area contributed by atoms with Crippen LogP contribution in [-0.4, -0.2) is 27.9 Å². The van der Waals surface area contributed by atoms with E-state index < -0.39 is 10.8 Å². The molecule has 0 saturated carbocycles. The molecule has 2 unspecified atom stereocenters. The number of ether oxygens (including phenoxy) is 1. The third-order valence-corrected chi connectivity index (χ3v) is 4.60. The molecular weight excluding hydrogens is 246 g/mol. The first-order valence-electron chi connectivity index (χ1n) is 6.41. The molecule has 1 aliphatic rings. The van der Waals surface area contributed by atoms with Crippen LogP contribution in [0, 0.1) is 0 Å². The molecule has 4 heteroatoms. The van der Waals surface area contributed by atoms with E-state index in [4.69, 9.17) is 4.74 Å². The first kappa shape index (κ1) is 13.6. The Balaban J connectivity index is 2.04. The van der Waals surface area contributed by atoms with Gasteiger partial charge in [0, 0.05) is 34.4 Å². The van der Waals surface area contributed by atoms with Gasteiger partial charge in [-0.1, -0.05) is 25.1 Å². The van der Waals surface area contributed by atoms with Crippen LogP contribution < -0.4 is 10.1 Å². The summed E-state index contributed by atoms with van der Waals surface area (Å²) in [6, 6.07) is 8.29. The second-order valence-corrected chi connectivity index (χ2v) is 6.93. The molecule has 0 aromatic heterocycles. The minimum Gasteiger partial charge on any atom is -0.486 e. The van der Waals surface area contributed by atoms with Gasteiger partial charge in [0.1, 0.15) is 11.4 Å². The molecule has 18 heavy (non-hydrogen) atoms. The number of rotatable bonds is 5. The van der Waals surface area contributed by atoms with Gasteiger partial charge in [0.2, 0.25) is 0 Å². The molecule has 100 valence electrons. The Morgan fingerprint density at radius 3 is 2.83 bits per heavy atom. The van der Waals surface area contributed by atoms with Gasteiger partial charge < -0.3 is 10.1 Å². The molecular formula is C14H21NO2S. The number of benzene rings is 1. The van der Waals surface area contributed by atoms with E-state index in [1.165, 1.54) is 5.56 Å². The lowest BCUT2D eigenvalue weighted by Gasteiger charge is -2.27. The van der Waals surface area contributed by atoms with Crippen molar-refractivity contribution in [1.29, 1.82) is 0 Å². The predicted molar refractivity (Wildman–Crippen MR) is 75.4 cm³/mol. The van der Waals surface area contributed by atoms with Crippen molar-refractivity contribution in [2.75, 3.05) is 18.1 Å². The summed E-state index contributed by atoms with van der Waals surface area (Å²) in [6.45, 7) is 6.88. The van der Waals surface area contributed by atoms with Crippen LogP contribution in [0.15, 0.2) is 24.3 Å². The molecule has 2 atom stereocenters. The van der Waals surface area contributed by atoms with Crippen molar-refractivity contribution < 1.29 is 8.95 Å². The van der Waals surface area contributed by atoms with Gasteiger partial charge in [0.05, 0.1) is 6.04 Å².